The number of alkyl halides is 1. The summed E-state index contributed by atoms with van der Waals surface area (Å²) in [6, 6.07) is 0. The van der Waals surface area contributed by atoms with Crippen LogP contribution >= 0.6 is 11.6 Å². The second kappa shape index (κ2) is 6.27. The van der Waals surface area contributed by atoms with Gasteiger partial charge in [0, 0.05) is 11.5 Å². The van der Waals surface area contributed by atoms with E-state index >= 15 is 0 Å². The van der Waals surface area contributed by atoms with Crippen molar-refractivity contribution in [1.29, 1.82) is 0 Å². The smallest absolute Gasteiger partial charge is 0.322 e. The van der Waals surface area contributed by atoms with Crippen LogP contribution in [-0.4, -0.2) is 59.4 Å². The predicted molar refractivity (Wildman–Crippen MR) is 90.9 cm³/mol. The molecule has 138 valence electrons. The van der Waals surface area contributed by atoms with Gasteiger partial charge in [-0.2, -0.15) is 0 Å². The number of aliphatic hydroxyl groups is 1. The fourth-order valence-electron chi connectivity index (χ4n) is 3.54. The lowest BCUT2D eigenvalue weighted by Crippen LogP contribution is -2.34. The molecule has 2 saturated heterocycles. The topological polar surface area (TPSA) is 77.5 Å². The average molecular weight is 379 g/mol. The lowest BCUT2D eigenvalue weighted by Gasteiger charge is -2.19. The Labute approximate surface area is 156 Å². The van der Waals surface area contributed by atoms with Gasteiger partial charge in [0.15, 0.2) is 23.6 Å². The molecule has 2 aliphatic heterocycles. The summed E-state index contributed by atoms with van der Waals surface area (Å²) >= 11 is 5.55. The maximum atomic E-state index is 11.7. The second-order valence-electron chi connectivity index (χ2n) is 7.22. The van der Waals surface area contributed by atoms with Gasteiger partial charge in [0.2, 0.25) is 0 Å². The standard InChI is InChI=1S/C19H19ClO6/c1-18(2)23-10-16(25-18)19-6-5-11-7-12(21)8-13(11)14(24-17(22)9-20)3-4-15(19)26-19/h7,12-16,21H,8-10H2,1-2H3/t12-,13+,14-,15-,16-,19+/m1/s1. The van der Waals surface area contributed by atoms with Crippen molar-refractivity contribution >= 4 is 17.6 Å². The van der Waals surface area contributed by atoms with Crippen LogP contribution in [0.5, 0.6) is 0 Å². The first-order chi connectivity index (χ1) is 12.3. The van der Waals surface area contributed by atoms with Gasteiger partial charge in [0.05, 0.1) is 12.7 Å². The molecule has 0 radical (unpaired) electrons. The van der Waals surface area contributed by atoms with E-state index in [4.69, 9.17) is 30.5 Å². The minimum Gasteiger partial charge on any atom is -0.448 e. The Kier molecular flexibility index (Phi) is 4.30. The number of aliphatic hydroxyl groups excluding tert-OH is 1. The molecule has 1 N–H and O–H groups in total. The molecule has 0 unspecified atom stereocenters. The first-order valence-electron chi connectivity index (χ1n) is 8.52. The fourth-order valence-corrected chi connectivity index (χ4v) is 3.60. The summed E-state index contributed by atoms with van der Waals surface area (Å²) in [6.45, 7) is 4.03. The van der Waals surface area contributed by atoms with Gasteiger partial charge in [-0.15, -0.1) is 11.6 Å². The van der Waals surface area contributed by atoms with Crippen LogP contribution < -0.4 is 0 Å². The molecule has 2 fully saturated rings. The van der Waals surface area contributed by atoms with Gasteiger partial charge in [-0.05, 0) is 26.3 Å². The van der Waals surface area contributed by atoms with Crippen LogP contribution in [0, 0.1) is 29.6 Å². The molecular formula is C19H19ClO6. The highest BCUT2D eigenvalue weighted by molar-refractivity contribution is 6.26. The van der Waals surface area contributed by atoms with Crippen molar-refractivity contribution in [2.75, 3.05) is 12.5 Å². The molecule has 6 nitrogen and oxygen atoms in total. The van der Waals surface area contributed by atoms with Crippen LogP contribution in [0.4, 0.5) is 0 Å². The largest absolute Gasteiger partial charge is 0.448 e. The van der Waals surface area contributed by atoms with Crippen molar-refractivity contribution in [2.24, 2.45) is 5.92 Å². The first kappa shape index (κ1) is 17.9. The van der Waals surface area contributed by atoms with E-state index in [1.54, 1.807) is 6.08 Å². The molecule has 7 heteroatoms. The van der Waals surface area contributed by atoms with Crippen LogP contribution in [0.2, 0.25) is 0 Å². The van der Waals surface area contributed by atoms with Crippen molar-refractivity contribution in [3.05, 3.63) is 11.6 Å². The molecule has 0 saturated carbocycles. The number of carbonyl (C=O) groups excluding carboxylic acids is 1. The van der Waals surface area contributed by atoms with E-state index in [0.717, 1.165) is 0 Å². The molecule has 6 atom stereocenters. The van der Waals surface area contributed by atoms with E-state index in [2.05, 4.69) is 23.7 Å². The number of epoxide rings is 1. The molecule has 0 spiro atoms. The monoisotopic (exact) mass is 378 g/mol. The van der Waals surface area contributed by atoms with E-state index in [1.807, 2.05) is 13.8 Å². The molecule has 0 bridgehead atoms. The lowest BCUT2D eigenvalue weighted by molar-refractivity contribution is -0.145. The number of fused-ring (bicyclic) bond motifs is 2. The highest BCUT2D eigenvalue weighted by Gasteiger charge is 2.64. The highest BCUT2D eigenvalue weighted by Crippen LogP contribution is 2.45. The first-order valence-corrected chi connectivity index (χ1v) is 9.05. The lowest BCUT2D eigenvalue weighted by atomic mass is 9.94. The van der Waals surface area contributed by atoms with Gasteiger partial charge < -0.3 is 24.1 Å². The number of carbonyl (C=O) groups is 1. The van der Waals surface area contributed by atoms with Crippen LogP contribution in [0.15, 0.2) is 11.6 Å². The summed E-state index contributed by atoms with van der Waals surface area (Å²) < 4.78 is 22.7. The Morgan fingerprint density at radius 2 is 2.23 bits per heavy atom. The zero-order chi connectivity index (χ0) is 18.5. The molecule has 0 amide bonds. The maximum absolute atomic E-state index is 11.7. The zero-order valence-electron chi connectivity index (χ0n) is 14.5. The molecule has 2 heterocycles. The zero-order valence-corrected chi connectivity index (χ0v) is 15.2. The van der Waals surface area contributed by atoms with E-state index in [-0.39, 0.29) is 17.9 Å². The minimum atomic E-state index is -0.870. The molecule has 4 rings (SSSR count). The number of halogens is 1. The van der Waals surface area contributed by atoms with Crippen molar-refractivity contribution in [1.82, 2.24) is 0 Å². The van der Waals surface area contributed by atoms with Crippen molar-refractivity contribution in [3.63, 3.8) is 0 Å². The molecule has 0 aromatic carbocycles. The average Bonchev–Trinajstić information content (AvgIpc) is 2.95. The van der Waals surface area contributed by atoms with Gasteiger partial charge in [-0.3, -0.25) is 4.79 Å². The van der Waals surface area contributed by atoms with Crippen LogP contribution in [0.25, 0.3) is 0 Å². The number of ether oxygens (including phenoxy) is 4. The third-order valence-electron chi connectivity index (χ3n) is 4.89. The molecule has 0 aromatic heterocycles. The normalized spacial score (nSPS) is 41.7. The van der Waals surface area contributed by atoms with Gasteiger partial charge in [0.1, 0.15) is 12.0 Å². The molecule has 2 aliphatic carbocycles. The fraction of sp³-hybridized carbons (Fsp3) is 0.632. The number of rotatable bonds is 3. The molecule has 0 aromatic rings. The maximum Gasteiger partial charge on any atom is 0.322 e. The Balaban J connectivity index is 1.66. The summed E-state index contributed by atoms with van der Waals surface area (Å²) in [5.74, 6) is 10.4. The van der Waals surface area contributed by atoms with Gasteiger partial charge >= 0.3 is 5.97 Å². The summed E-state index contributed by atoms with van der Waals surface area (Å²) in [7, 11) is 0. The summed E-state index contributed by atoms with van der Waals surface area (Å²) in [6.07, 6.45) is -0.118. The van der Waals surface area contributed by atoms with Gasteiger partial charge in [0.25, 0.3) is 0 Å². The Hall–Kier alpha value is -1.54. The van der Waals surface area contributed by atoms with Gasteiger partial charge in [-0.1, -0.05) is 23.7 Å². The quantitative estimate of drug-likeness (QED) is 0.338. The van der Waals surface area contributed by atoms with E-state index in [1.165, 1.54) is 0 Å². The van der Waals surface area contributed by atoms with E-state index < -0.39 is 35.7 Å². The number of hydrogen-bond acceptors (Lipinski definition) is 6. The molecule has 4 aliphatic rings. The van der Waals surface area contributed by atoms with E-state index in [9.17, 15) is 9.90 Å². The summed E-state index contributed by atoms with van der Waals surface area (Å²) in [4.78, 5) is 11.7. The Bertz CT molecular complexity index is 781. The molecular weight excluding hydrogens is 360 g/mol. The van der Waals surface area contributed by atoms with Crippen molar-refractivity contribution in [3.8, 4) is 23.7 Å². The van der Waals surface area contributed by atoms with Crippen molar-refractivity contribution < 1.29 is 28.8 Å². The third kappa shape index (κ3) is 3.13. The number of esters is 1. The van der Waals surface area contributed by atoms with E-state index in [0.29, 0.717) is 18.6 Å². The Morgan fingerprint density at radius 1 is 1.42 bits per heavy atom. The third-order valence-corrected chi connectivity index (χ3v) is 5.11. The van der Waals surface area contributed by atoms with Crippen LogP contribution in [0.1, 0.15) is 20.3 Å². The summed E-state index contributed by atoms with van der Waals surface area (Å²) in [5.41, 5.74) is -0.182. The predicted octanol–water partition coefficient (Wildman–Crippen LogP) is 0.754. The van der Waals surface area contributed by atoms with Crippen LogP contribution in [0.3, 0.4) is 0 Å². The Morgan fingerprint density at radius 3 is 2.92 bits per heavy atom. The number of hydrogen-bond donors (Lipinski definition) is 1. The molecule has 26 heavy (non-hydrogen) atoms. The van der Waals surface area contributed by atoms with Gasteiger partial charge in [-0.25, -0.2) is 0 Å². The highest BCUT2D eigenvalue weighted by atomic mass is 35.5. The SMILES string of the molecule is CC1(C)OC[C@H]([C@]23C#CC4=C[C@@H](O)C[C@@H]4[C@H](OC(=O)CCl)C#C[C@H]2O3)O1. The second-order valence-corrected chi connectivity index (χ2v) is 7.49. The summed E-state index contributed by atoms with van der Waals surface area (Å²) in [5, 5.41) is 10.0. The van der Waals surface area contributed by atoms with Crippen molar-refractivity contribution in [2.45, 2.75) is 56.1 Å². The minimum absolute atomic E-state index is 0.260. The van der Waals surface area contributed by atoms with Crippen LogP contribution in [-0.2, 0) is 23.7 Å².